The summed E-state index contributed by atoms with van der Waals surface area (Å²) in [7, 11) is 0. The van der Waals surface area contributed by atoms with E-state index in [2.05, 4.69) is 25.6 Å². The number of hydrogen-bond donors (Lipinski definition) is 1. The maximum atomic E-state index is 9.73. The van der Waals surface area contributed by atoms with Gasteiger partial charge in [-0.1, -0.05) is 19.1 Å². The van der Waals surface area contributed by atoms with Crippen LogP contribution in [0.2, 0.25) is 0 Å². The maximum absolute atomic E-state index is 9.73. The van der Waals surface area contributed by atoms with E-state index in [0.29, 0.717) is 11.2 Å². The van der Waals surface area contributed by atoms with E-state index in [9.17, 15) is 5.11 Å². The average molecular weight is 282 g/mol. The van der Waals surface area contributed by atoms with Crippen molar-refractivity contribution in [1.29, 1.82) is 0 Å². The highest BCUT2D eigenvalue weighted by molar-refractivity contribution is 5.40. The highest BCUT2D eigenvalue weighted by Gasteiger charge is 2.53. The minimum absolute atomic E-state index is 0.431. The van der Waals surface area contributed by atoms with E-state index in [1.54, 1.807) is 0 Å². The van der Waals surface area contributed by atoms with Crippen molar-refractivity contribution in [2.75, 3.05) is 0 Å². The second kappa shape index (κ2) is 4.63. The van der Waals surface area contributed by atoms with Gasteiger partial charge in [0.05, 0.1) is 0 Å². The predicted molar refractivity (Wildman–Crippen MR) is 86.4 cm³/mol. The van der Waals surface area contributed by atoms with Crippen LogP contribution in [0.1, 0.15) is 56.1 Å². The van der Waals surface area contributed by atoms with E-state index in [1.165, 1.54) is 43.2 Å². The van der Waals surface area contributed by atoms with Crippen LogP contribution in [0.5, 0.6) is 5.75 Å². The first kappa shape index (κ1) is 13.4. The van der Waals surface area contributed by atoms with Crippen molar-refractivity contribution in [3.8, 4) is 5.75 Å². The van der Waals surface area contributed by atoms with Crippen molar-refractivity contribution in [3.63, 3.8) is 0 Å². The molecule has 1 aromatic rings. The fourth-order valence-electron chi connectivity index (χ4n) is 6.00. The fourth-order valence-corrected chi connectivity index (χ4v) is 6.00. The minimum atomic E-state index is 0.431. The number of rotatable bonds is 1. The summed E-state index contributed by atoms with van der Waals surface area (Å²) in [4.78, 5) is 0. The Labute approximate surface area is 128 Å². The lowest BCUT2D eigenvalue weighted by atomic mass is 9.54. The second-order valence-electron chi connectivity index (χ2n) is 7.76. The van der Waals surface area contributed by atoms with Gasteiger partial charge in [-0.3, -0.25) is 0 Å². The minimum Gasteiger partial charge on any atom is -0.508 e. The number of hydrogen-bond acceptors (Lipinski definition) is 1. The van der Waals surface area contributed by atoms with Crippen molar-refractivity contribution in [2.24, 2.45) is 23.2 Å². The fraction of sp³-hybridized carbons (Fsp3) is 0.600. The molecule has 0 amide bonds. The van der Waals surface area contributed by atoms with Gasteiger partial charge in [-0.2, -0.15) is 0 Å². The summed E-state index contributed by atoms with van der Waals surface area (Å²) in [5, 5.41) is 9.73. The molecule has 2 saturated carbocycles. The molecule has 4 rings (SSSR count). The largest absolute Gasteiger partial charge is 0.508 e. The summed E-state index contributed by atoms with van der Waals surface area (Å²) < 4.78 is 0. The molecule has 0 bridgehead atoms. The van der Waals surface area contributed by atoms with Crippen molar-refractivity contribution < 1.29 is 5.11 Å². The first-order chi connectivity index (χ1) is 10.1. The SMILES string of the molecule is C=C[C@H]1CC[C@H]2[C@@H]3CCc4cc(O)ccc4[C@H]3CC[C@]12C. The molecule has 2 fully saturated rings. The smallest absolute Gasteiger partial charge is 0.115 e. The number of aryl methyl sites for hydroxylation is 1. The van der Waals surface area contributed by atoms with E-state index < -0.39 is 0 Å². The van der Waals surface area contributed by atoms with Crippen LogP contribution in [0, 0.1) is 23.2 Å². The van der Waals surface area contributed by atoms with Crippen LogP contribution < -0.4 is 0 Å². The van der Waals surface area contributed by atoms with Gasteiger partial charge in [0, 0.05) is 0 Å². The topological polar surface area (TPSA) is 20.2 Å². The second-order valence-corrected chi connectivity index (χ2v) is 7.76. The predicted octanol–water partition coefficient (Wildman–Crippen LogP) is 5.05. The number of aromatic hydroxyl groups is 1. The third-order valence-corrected chi connectivity index (χ3v) is 7.07. The highest BCUT2D eigenvalue weighted by atomic mass is 16.3. The van der Waals surface area contributed by atoms with Gasteiger partial charge in [-0.05, 0) is 90.9 Å². The molecule has 0 spiro atoms. The van der Waals surface area contributed by atoms with E-state index >= 15 is 0 Å². The Balaban J connectivity index is 1.70. The van der Waals surface area contributed by atoms with Crippen molar-refractivity contribution in [1.82, 2.24) is 0 Å². The third-order valence-electron chi connectivity index (χ3n) is 7.07. The highest BCUT2D eigenvalue weighted by Crippen LogP contribution is 2.63. The molecule has 3 aliphatic rings. The Kier molecular flexibility index (Phi) is 2.96. The molecule has 1 aromatic carbocycles. The lowest BCUT2D eigenvalue weighted by molar-refractivity contribution is 0.0410. The Bertz CT molecular complexity index is 575. The number of phenolic OH excluding ortho intramolecular Hbond substituents is 1. The van der Waals surface area contributed by atoms with Gasteiger partial charge in [0.1, 0.15) is 5.75 Å². The molecule has 0 radical (unpaired) electrons. The Morgan fingerprint density at radius 1 is 1.24 bits per heavy atom. The summed E-state index contributed by atoms with van der Waals surface area (Å²) in [6, 6.07) is 6.08. The van der Waals surface area contributed by atoms with Crippen LogP contribution in [0.15, 0.2) is 30.9 Å². The molecule has 0 aliphatic heterocycles. The van der Waals surface area contributed by atoms with E-state index in [1.807, 2.05) is 12.1 Å². The van der Waals surface area contributed by atoms with Gasteiger partial charge in [0.15, 0.2) is 0 Å². The Hall–Kier alpha value is -1.24. The lowest BCUT2D eigenvalue weighted by Crippen LogP contribution is -2.41. The van der Waals surface area contributed by atoms with Gasteiger partial charge >= 0.3 is 0 Å². The molecule has 5 atom stereocenters. The third kappa shape index (κ3) is 1.82. The molecule has 1 nitrogen and oxygen atoms in total. The molecule has 3 aliphatic carbocycles. The molecule has 0 heterocycles. The van der Waals surface area contributed by atoms with Gasteiger partial charge < -0.3 is 5.11 Å². The Morgan fingerprint density at radius 2 is 2.10 bits per heavy atom. The molecule has 21 heavy (non-hydrogen) atoms. The summed E-state index contributed by atoms with van der Waals surface area (Å²) in [6.45, 7) is 6.63. The van der Waals surface area contributed by atoms with E-state index in [4.69, 9.17) is 0 Å². The standard InChI is InChI=1S/C20H26O/c1-3-14-5-9-19-18-7-4-13-12-15(21)6-8-16(13)17(18)10-11-20(14,19)2/h3,6,8,12,14,17-19,21H,1,4-5,7,9-11H2,2H3/t14-,17+,18+,19-,20+/m0/s1. The van der Waals surface area contributed by atoms with Crippen LogP contribution >= 0.6 is 0 Å². The summed E-state index contributed by atoms with van der Waals surface area (Å²) >= 11 is 0. The molecular formula is C20H26O. The number of phenols is 1. The van der Waals surface area contributed by atoms with Crippen LogP contribution in [0.3, 0.4) is 0 Å². The van der Waals surface area contributed by atoms with E-state index in [0.717, 1.165) is 30.1 Å². The first-order valence-corrected chi connectivity index (χ1v) is 8.58. The number of benzene rings is 1. The average Bonchev–Trinajstić information content (AvgIpc) is 2.83. The van der Waals surface area contributed by atoms with E-state index in [-0.39, 0.29) is 0 Å². The molecule has 1 heteroatoms. The number of fused-ring (bicyclic) bond motifs is 5. The molecule has 0 unspecified atom stereocenters. The van der Waals surface area contributed by atoms with Crippen LogP contribution in [-0.2, 0) is 6.42 Å². The first-order valence-electron chi connectivity index (χ1n) is 8.58. The molecule has 0 saturated heterocycles. The zero-order chi connectivity index (χ0) is 14.6. The zero-order valence-electron chi connectivity index (χ0n) is 13.0. The Morgan fingerprint density at radius 3 is 2.90 bits per heavy atom. The van der Waals surface area contributed by atoms with Gasteiger partial charge in [-0.25, -0.2) is 0 Å². The molecular weight excluding hydrogens is 256 g/mol. The van der Waals surface area contributed by atoms with Gasteiger partial charge in [0.25, 0.3) is 0 Å². The maximum Gasteiger partial charge on any atom is 0.115 e. The number of allylic oxidation sites excluding steroid dienone is 1. The van der Waals surface area contributed by atoms with Crippen LogP contribution in [0.25, 0.3) is 0 Å². The zero-order valence-corrected chi connectivity index (χ0v) is 13.0. The van der Waals surface area contributed by atoms with Crippen molar-refractivity contribution in [3.05, 3.63) is 42.0 Å². The summed E-state index contributed by atoms with van der Waals surface area (Å²) in [5.41, 5.74) is 3.43. The molecule has 1 N–H and O–H groups in total. The van der Waals surface area contributed by atoms with Gasteiger partial charge in [0.2, 0.25) is 0 Å². The quantitative estimate of drug-likeness (QED) is 0.715. The lowest BCUT2D eigenvalue weighted by Gasteiger charge is -2.50. The van der Waals surface area contributed by atoms with Crippen molar-refractivity contribution in [2.45, 2.75) is 51.4 Å². The van der Waals surface area contributed by atoms with Crippen LogP contribution in [0.4, 0.5) is 0 Å². The van der Waals surface area contributed by atoms with Gasteiger partial charge in [-0.15, -0.1) is 6.58 Å². The van der Waals surface area contributed by atoms with Crippen molar-refractivity contribution >= 4 is 0 Å². The summed E-state index contributed by atoms with van der Waals surface area (Å²) in [5.74, 6) is 3.62. The summed E-state index contributed by atoms with van der Waals surface area (Å²) in [6.07, 6.45) is 10.1. The normalized spacial score (nSPS) is 41.0. The monoisotopic (exact) mass is 282 g/mol. The molecule has 112 valence electrons. The molecule has 0 aromatic heterocycles. The van der Waals surface area contributed by atoms with Crippen LogP contribution in [-0.4, -0.2) is 5.11 Å².